The monoisotopic (exact) mass is 275 g/mol. The molecule has 1 saturated heterocycles. The quantitative estimate of drug-likeness (QED) is 0.657. The van der Waals surface area contributed by atoms with Crippen LogP contribution in [0, 0.1) is 5.92 Å². The molecule has 0 spiro atoms. The third kappa shape index (κ3) is 1.94. The minimum Gasteiger partial charge on any atom is -0.468 e. The van der Waals surface area contributed by atoms with Gasteiger partial charge in [0.2, 0.25) is 5.91 Å². The number of fused-ring (bicyclic) bond motifs is 4. The second kappa shape index (κ2) is 4.51. The smallest absolute Gasteiger partial charge is 0.319 e. The van der Waals surface area contributed by atoms with E-state index < -0.39 is 17.6 Å². The van der Waals surface area contributed by atoms with Gasteiger partial charge in [0, 0.05) is 12.3 Å². The van der Waals surface area contributed by atoms with E-state index in [0.717, 1.165) is 11.3 Å². The zero-order chi connectivity index (χ0) is 14.3. The molecule has 20 heavy (non-hydrogen) atoms. The highest BCUT2D eigenvalue weighted by molar-refractivity contribution is 6.00. The van der Waals surface area contributed by atoms with Crippen LogP contribution in [-0.2, 0) is 14.3 Å². The van der Waals surface area contributed by atoms with Gasteiger partial charge in [-0.1, -0.05) is 18.2 Å². The van der Waals surface area contributed by atoms with E-state index in [4.69, 9.17) is 9.47 Å². The van der Waals surface area contributed by atoms with Gasteiger partial charge < -0.3 is 14.8 Å². The standard InChI is InChI=1S/C15H17NO4/c1-3-19-14(18)12-10-8-15(2,16-13(12)17)20-11-7-5-4-6-9(10)11/h4-7,10,12H,3,8H2,1-2H3,(H,16,17)/t10-,12+,15+/m0/s1. The molecule has 1 aromatic rings. The molecule has 5 nitrogen and oxygen atoms in total. The molecule has 1 fully saturated rings. The van der Waals surface area contributed by atoms with Crippen molar-refractivity contribution in [1.82, 2.24) is 5.32 Å². The summed E-state index contributed by atoms with van der Waals surface area (Å²) in [4.78, 5) is 24.3. The summed E-state index contributed by atoms with van der Waals surface area (Å²) in [5.74, 6) is -1.06. The molecule has 1 amide bonds. The Bertz CT molecular complexity index is 571. The van der Waals surface area contributed by atoms with Crippen LogP contribution in [0.15, 0.2) is 24.3 Å². The number of hydrogen-bond donors (Lipinski definition) is 1. The number of rotatable bonds is 2. The van der Waals surface area contributed by atoms with E-state index in [-0.39, 0.29) is 18.4 Å². The highest BCUT2D eigenvalue weighted by Gasteiger charge is 2.52. The van der Waals surface area contributed by atoms with Crippen molar-refractivity contribution in [3.8, 4) is 5.75 Å². The maximum absolute atomic E-state index is 12.2. The lowest BCUT2D eigenvalue weighted by molar-refractivity contribution is -0.160. The van der Waals surface area contributed by atoms with Crippen molar-refractivity contribution in [3.63, 3.8) is 0 Å². The van der Waals surface area contributed by atoms with Gasteiger partial charge in [-0.05, 0) is 25.5 Å². The molecule has 1 aromatic carbocycles. The molecule has 1 N–H and O–H groups in total. The lowest BCUT2D eigenvalue weighted by Crippen LogP contribution is -2.62. The predicted octanol–water partition coefficient (Wildman–Crippen LogP) is 1.58. The summed E-state index contributed by atoms with van der Waals surface area (Å²) in [6.45, 7) is 3.83. The van der Waals surface area contributed by atoms with Crippen LogP contribution >= 0.6 is 0 Å². The van der Waals surface area contributed by atoms with Gasteiger partial charge >= 0.3 is 5.97 Å². The maximum atomic E-state index is 12.2. The summed E-state index contributed by atoms with van der Waals surface area (Å²) in [6, 6.07) is 7.54. The lowest BCUT2D eigenvalue weighted by atomic mass is 9.75. The van der Waals surface area contributed by atoms with Gasteiger partial charge in [0.15, 0.2) is 5.72 Å². The first kappa shape index (κ1) is 13.0. The van der Waals surface area contributed by atoms with Crippen LogP contribution in [0.5, 0.6) is 5.75 Å². The van der Waals surface area contributed by atoms with Crippen LogP contribution in [0.3, 0.4) is 0 Å². The number of piperidine rings is 1. The van der Waals surface area contributed by atoms with Gasteiger partial charge in [0.05, 0.1) is 6.61 Å². The SMILES string of the molecule is CCOC(=O)[C@H]1C(=O)N[C@@]2(C)C[C@H]1c1ccccc1O2. The van der Waals surface area contributed by atoms with Crippen molar-refractivity contribution in [2.75, 3.05) is 6.61 Å². The van der Waals surface area contributed by atoms with Gasteiger partial charge in [0.1, 0.15) is 11.7 Å². The van der Waals surface area contributed by atoms with Gasteiger partial charge in [-0.25, -0.2) is 0 Å². The van der Waals surface area contributed by atoms with E-state index >= 15 is 0 Å². The number of nitrogens with one attached hydrogen (secondary N) is 1. The highest BCUT2D eigenvalue weighted by Crippen LogP contribution is 2.46. The first-order chi connectivity index (χ1) is 9.54. The molecular formula is C15H17NO4. The molecule has 0 aromatic heterocycles. The van der Waals surface area contributed by atoms with Crippen LogP contribution in [0.2, 0.25) is 0 Å². The Morgan fingerprint density at radius 2 is 2.25 bits per heavy atom. The van der Waals surface area contributed by atoms with Crippen molar-refractivity contribution in [3.05, 3.63) is 29.8 Å². The van der Waals surface area contributed by atoms with E-state index in [1.165, 1.54) is 0 Å². The summed E-state index contributed by atoms with van der Waals surface area (Å²) in [5.41, 5.74) is 0.150. The average molecular weight is 275 g/mol. The molecule has 106 valence electrons. The van der Waals surface area contributed by atoms with E-state index in [9.17, 15) is 9.59 Å². The molecule has 3 atom stereocenters. The lowest BCUT2D eigenvalue weighted by Gasteiger charge is -2.46. The Balaban J connectivity index is 2.04. The van der Waals surface area contributed by atoms with Crippen LogP contribution in [0.4, 0.5) is 0 Å². The van der Waals surface area contributed by atoms with Crippen molar-refractivity contribution in [1.29, 1.82) is 0 Å². The van der Waals surface area contributed by atoms with E-state index in [0.29, 0.717) is 6.42 Å². The average Bonchev–Trinajstić information content (AvgIpc) is 2.37. The summed E-state index contributed by atoms with van der Waals surface area (Å²) >= 11 is 0. The number of hydrogen-bond acceptors (Lipinski definition) is 4. The third-order valence-corrected chi connectivity index (χ3v) is 3.88. The molecule has 2 aliphatic heterocycles. The van der Waals surface area contributed by atoms with Gasteiger partial charge in [0.25, 0.3) is 0 Å². The summed E-state index contributed by atoms with van der Waals surface area (Å²) in [6.07, 6.45) is 0.569. The largest absolute Gasteiger partial charge is 0.468 e. The molecule has 2 aliphatic rings. The van der Waals surface area contributed by atoms with Crippen LogP contribution in [-0.4, -0.2) is 24.2 Å². The van der Waals surface area contributed by atoms with Crippen molar-refractivity contribution < 1.29 is 19.1 Å². The molecule has 3 rings (SSSR count). The minimum atomic E-state index is -0.798. The molecule has 0 radical (unpaired) electrons. The number of esters is 1. The Kier molecular flexibility index (Phi) is 2.92. The number of benzene rings is 1. The Hall–Kier alpha value is -2.04. The Morgan fingerprint density at radius 3 is 3.00 bits per heavy atom. The number of ether oxygens (including phenoxy) is 2. The number of amides is 1. The topological polar surface area (TPSA) is 64.6 Å². The molecular weight excluding hydrogens is 258 g/mol. The maximum Gasteiger partial charge on any atom is 0.319 e. The molecule has 2 bridgehead atoms. The van der Waals surface area contributed by atoms with Crippen LogP contribution in [0.25, 0.3) is 0 Å². The highest BCUT2D eigenvalue weighted by atomic mass is 16.5. The fourth-order valence-electron chi connectivity index (χ4n) is 3.09. The molecule has 2 heterocycles. The Labute approximate surface area is 117 Å². The molecule has 0 aliphatic carbocycles. The first-order valence-corrected chi connectivity index (χ1v) is 6.80. The number of carbonyl (C=O) groups is 2. The zero-order valence-electron chi connectivity index (χ0n) is 11.5. The van der Waals surface area contributed by atoms with E-state index in [1.54, 1.807) is 6.92 Å². The second-order valence-electron chi connectivity index (χ2n) is 5.40. The normalized spacial score (nSPS) is 30.8. The first-order valence-electron chi connectivity index (χ1n) is 6.80. The number of para-hydroxylation sites is 1. The molecule has 0 unspecified atom stereocenters. The fourth-order valence-corrected chi connectivity index (χ4v) is 3.09. The summed E-state index contributed by atoms with van der Waals surface area (Å²) in [7, 11) is 0. The van der Waals surface area contributed by atoms with Crippen molar-refractivity contribution in [2.24, 2.45) is 5.92 Å². The number of carbonyl (C=O) groups excluding carboxylic acids is 2. The fraction of sp³-hybridized carbons (Fsp3) is 0.467. The van der Waals surface area contributed by atoms with E-state index in [1.807, 2.05) is 31.2 Å². The van der Waals surface area contributed by atoms with Gasteiger partial charge in [-0.2, -0.15) is 0 Å². The summed E-state index contributed by atoms with van der Waals surface area (Å²) in [5, 5.41) is 2.79. The van der Waals surface area contributed by atoms with Crippen LogP contribution in [0.1, 0.15) is 31.7 Å². The van der Waals surface area contributed by atoms with Crippen molar-refractivity contribution in [2.45, 2.75) is 31.9 Å². The zero-order valence-corrected chi connectivity index (χ0v) is 11.5. The predicted molar refractivity (Wildman–Crippen MR) is 71.1 cm³/mol. The molecule has 0 saturated carbocycles. The van der Waals surface area contributed by atoms with E-state index in [2.05, 4.69) is 5.32 Å². The van der Waals surface area contributed by atoms with Gasteiger partial charge in [-0.3, -0.25) is 9.59 Å². The second-order valence-corrected chi connectivity index (χ2v) is 5.40. The van der Waals surface area contributed by atoms with Gasteiger partial charge in [-0.15, -0.1) is 0 Å². The third-order valence-electron chi connectivity index (χ3n) is 3.88. The van der Waals surface area contributed by atoms with Crippen LogP contribution < -0.4 is 10.1 Å². The summed E-state index contributed by atoms with van der Waals surface area (Å²) < 4.78 is 10.9. The molecule has 5 heteroatoms. The van der Waals surface area contributed by atoms with Crippen molar-refractivity contribution >= 4 is 11.9 Å². The Morgan fingerprint density at radius 1 is 1.50 bits per heavy atom. The minimum absolute atomic E-state index is 0.197.